The van der Waals surface area contributed by atoms with E-state index in [2.05, 4.69) is 27.5 Å². The first-order valence-corrected chi connectivity index (χ1v) is 7.20. The zero-order valence-corrected chi connectivity index (χ0v) is 13.2. The monoisotopic (exact) mass is 306 g/mol. The SMILES string of the molecule is CCCNc1ncc(C)c(Nc2cc(Cl)ccc2OC)n1. The van der Waals surface area contributed by atoms with Crippen molar-refractivity contribution in [2.45, 2.75) is 20.3 Å². The number of ether oxygens (including phenoxy) is 1. The van der Waals surface area contributed by atoms with E-state index in [4.69, 9.17) is 16.3 Å². The zero-order chi connectivity index (χ0) is 15.2. The number of nitrogens with one attached hydrogen (secondary N) is 2. The Hall–Kier alpha value is -2.01. The highest BCUT2D eigenvalue weighted by molar-refractivity contribution is 6.31. The van der Waals surface area contributed by atoms with E-state index in [1.54, 1.807) is 25.4 Å². The minimum Gasteiger partial charge on any atom is -0.495 e. The maximum atomic E-state index is 6.04. The van der Waals surface area contributed by atoms with Crippen LogP contribution < -0.4 is 15.4 Å². The number of hydrogen-bond acceptors (Lipinski definition) is 5. The van der Waals surface area contributed by atoms with Crippen LogP contribution in [0.5, 0.6) is 5.75 Å². The molecule has 1 aromatic carbocycles. The summed E-state index contributed by atoms with van der Waals surface area (Å²) in [7, 11) is 1.62. The molecule has 0 aliphatic heterocycles. The van der Waals surface area contributed by atoms with Crippen molar-refractivity contribution in [2.75, 3.05) is 24.3 Å². The van der Waals surface area contributed by atoms with Crippen LogP contribution in [0.4, 0.5) is 17.5 Å². The first-order valence-electron chi connectivity index (χ1n) is 6.82. The molecule has 1 aromatic heterocycles. The average Bonchev–Trinajstić information content (AvgIpc) is 2.48. The Bertz CT molecular complexity index is 619. The lowest BCUT2D eigenvalue weighted by Crippen LogP contribution is -2.07. The van der Waals surface area contributed by atoms with Gasteiger partial charge in [-0.15, -0.1) is 0 Å². The van der Waals surface area contributed by atoms with Gasteiger partial charge >= 0.3 is 0 Å². The van der Waals surface area contributed by atoms with E-state index >= 15 is 0 Å². The van der Waals surface area contributed by atoms with Crippen molar-refractivity contribution in [3.63, 3.8) is 0 Å². The maximum Gasteiger partial charge on any atom is 0.224 e. The fourth-order valence-electron chi connectivity index (χ4n) is 1.80. The van der Waals surface area contributed by atoms with E-state index in [-0.39, 0.29) is 0 Å². The van der Waals surface area contributed by atoms with Crippen molar-refractivity contribution in [2.24, 2.45) is 0 Å². The van der Waals surface area contributed by atoms with Gasteiger partial charge in [0.1, 0.15) is 11.6 Å². The predicted molar refractivity (Wildman–Crippen MR) is 86.8 cm³/mol. The third kappa shape index (κ3) is 3.98. The average molecular weight is 307 g/mol. The maximum absolute atomic E-state index is 6.04. The van der Waals surface area contributed by atoms with Crippen molar-refractivity contribution in [1.82, 2.24) is 9.97 Å². The molecule has 112 valence electrons. The first kappa shape index (κ1) is 15.4. The summed E-state index contributed by atoms with van der Waals surface area (Å²) in [4.78, 5) is 8.74. The molecule has 0 bridgehead atoms. The van der Waals surface area contributed by atoms with Crippen molar-refractivity contribution in [1.29, 1.82) is 0 Å². The van der Waals surface area contributed by atoms with Crippen LogP contribution >= 0.6 is 11.6 Å². The molecule has 0 fully saturated rings. The Balaban J connectivity index is 2.28. The highest BCUT2D eigenvalue weighted by Gasteiger charge is 2.08. The van der Waals surface area contributed by atoms with E-state index in [1.807, 2.05) is 13.0 Å². The summed E-state index contributed by atoms with van der Waals surface area (Å²) in [6.45, 7) is 4.88. The molecule has 5 nitrogen and oxygen atoms in total. The standard InChI is InChI=1S/C15H19ClN4O/c1-4-7-17-15-18-9-10(2)14(20-15)19-12-8-11(16)5-6-13(12)21-3/h5-6,8-9H,4,7H2,1-3H3,(H2,17,18,19,20). The number of hydrogen-bond donors (Lipinski definition) is 2. The summed E-state index contributed by atoms with van der Waals surface area (Å²) < 4.78 is 5.33. The van der Waals surface area contributed by atoms with E-state index in [0.717, 1.165) is 30.0 Å². The normalized spacial score (nSPS) is 10.3. The van der Waals surface area contributed by atoms with Crippen LogP contribution in [0.1, 0.15) is 18.9 Å². The third-order valence-corrected chi connectivity index (χ3v) is 3.15. The second kappa shape index (κ2) is 7.13. The van der Waals surface area contributed by atoms with Crippen molar-refractivity contribution >= 4 is 29.1 Å². The largest absolute Gasteiger partial charge is 0.495 e. The van der Waals surface area contributed by atoms with Gasteiger partial charge < -0.3 is 15.4 Å². The van der Waals surface area contributed by atoms with E-state index in [0.29, 0.717) is 16.7 Å². The van der Waals surface area contributed by atoms with Crippen molar-refractivity contribution in [3.8, 4) is 5.75 Å². The van der Waals surface area contributed by atoms with Gasteiger partial charge in [-0.3, -0.25) is 0 Å². The van der Waals surface area contributed by atoms with E-state index in [9.17, 15) is 0 Å². The van der Waals surface area contributed by atoms with Crippen LogP contribution in [0.15, 0.2) is 24.4 Å². The van der Waals surface area contributed by atoms with Gasteiger partial charge in [-0.25, -0.2) is 4.98 Å². The molecule has 0 amide bonds. The number of halogens is 1. The molecule has 0 aliphatic carbocycles. The molecule has 2 rings (SSSR count). The number of aromatic nitrogens is 2. The van der Waals surface area contributed by atoms with Gasteiger partial charge in [0, 0.05) is 23.3 Å². The molecule has 2 aromatic rings. The van der Waals surface area contributed by atoms with Crippen LogP contribution in [-0.2, 0) is 0 Å². The summed E-state index contributed by atoms with van der Waals surface area (Å²) in [5.41, 5.74) is 1.72. The molecule has 2 N–H and O–H groups in total. The molecule has 0 aliphatic rings. The Morgan fingerprint density at radius 2 is 2.14 bits per heavy atom. The Morgan fingerprint density at radius 1 is 1.33 bits per heavy atom. The molecule has 0 radical (unpaired) electrons. The van der Waals surface area contributed by atoms with E-state index < -0.39 is 0 Å². The minimum atomic E-state index is 0.603. The summed E-state index contributed by atoms with van der Waals surface area (Å²) in [6, 6.07) is 5.41. The second-order valence-corrected chi connectivity index (χ2v) is 5.06. The zero-order valence-electron chi connectivity index (χ0n) is 12.4. The fourth-order valence-corrected chi connectivity index (χ4v) is 1.97. The molecule has 0 saturated carbocycles. The van der Waals surface area contributed by atoms with Crippen molar-refractivity contribution < 1.29 is 4.74 Å². The quantitative estimate of drug-likeness (QED) is 0.844. The Morgan fingerprint density at radius 3 is 2.86 bits per heavy atom. The Kier molecular flexibility index (Phi) is 5.22. The number of benzene rings is 1. The highest BCUT2D eigenvalue weighted by Crippen LogP contribution is 2.30. The second-order valence-electron chi connectivity index (χ2n) is 4.62. The first-order chi connectivity index (χ1) is 10.1. The third-order valence-electron chi connectivity index (χ3n) is 2.92. The van der Waals surface area contributed by atoms with Gasteiger partial charge in [0.05, 0.1) is 12.8 Å². The number of rotatable bonds is 6. The smallest absolute Gasteiger partial charge is 0.224 e. The molecule has 21 heavy (non-hydrogen) atoms. The molecule has 0 unspecified atom stereocenters. The number of nitrogens with zero attached hydrogens (tertiary/aromatic N) is 2. The summed E-state index contributed by atoms with van der Waals surface area (Å²) in [5, 5.41) is 7.05. The molecular formula is C15H19ClN4O. The van der Waals surface area contributed by atoms with Gasteiger partial charge in [0.25, 0.3) is 0 Å². The summed E-state index contributed by atoms with van der Waals surface area (Å²) in [5.74, 6) is 2.04. The summed E-state index contributed by atoms with van der Waals surface area (Å²) in [6.07, 6.45) is 2.80. The molecule has 0 saturated heterocycles. The van der Waals surface area contributed by atoms with Crippen LogP contribution in [0.3, 0.4) is 0 Å². The van der Waals surface area contributed by atoms with E-state index in [1.165, 1.54) is 0 Å². The molecule has 1 heterocycles. The minimum absolute atomic E-state index is 0.603. The van der Waals surface area contributed by atoms with Gasteiger partial charge in [-0.2, -0.15) is 4.98 Å². The fraction of sp³-hybridized carbons (Fsp3) is 0.333. The number of aryl methyl sites for hydroxylation is 1. The van der Waals surface area contributed by atoms with Gasteiger partial charge in [-0.05, 0) is 31.5 Å². The lowest BCUT2D eigenvalue weighted by atomic mass is 10.2. The summed E-state index contributed by atoms with van der Waals surface area (Å²) >= 11 is 6.04. The number of anilines is 3. The Labute approximate surface area is 129 Å². The lowest BCUT2D eigenvalue weighted by molar-refractivity contribution is 0.417. The van der Waals surface area contributed by atoms with Crippen LogP contribution in [0.25, 0.3) is 0 Å². The van der Waals surface area contributed by atoms with Gasteiger partial charge in [-0.1, -0.05) is 18.5 Å². The topological polar surface area (TPSA) is 59.1 Å². The van der Waals surface area contributed by atoms with Crippen LogP contribution in [0.2, 0.25) is 5.02 Å². The highest BCUT2D eigenvalue weighted by atomic mass is 35.5. The van der Waals surface area contributed by atoms with Gasteiger partial charge in [0.15, 0.2) is 0 Å². The lowest BCUT2D eigenvalue weighted by Gasteiger charge is -2.13. The molecular weight excluding hydrogens is 288 g/mol. The molecule has 0 spiro atoms. The van der Waals surface area contributed by atoms with Crippen molar-refractivity contribution in [3.05, 3.63) is 35.0 Å². The van der Waals surface area contributed by atoms with Gasteiger partial charge in [0.2, 0.25) is 5.95 Å². The van der Waals surface area contributed by atoms with Crippen LogP contribution in [-0.4, -0.2) is 23.6 Å². The van der Waals surface area contributed by atoms with Crippen LogP contribution in [0, 0.1) is 6.92 Å². The predicted octanol–water partition coefficient (Wildman–Crippen LogP) is 4.01. The number of methoxy groups -OCH3 is 1. The molecule has 0 atom stereocenters. The molecule has 6 heteroatoms.